The molecule has 0 unspecified atom stereocenters. The van der Waals surface area contributed by atoms with Gasteiger partial charge in [-0.2, -0.15) is 0 Å². The van der Waals surface area contributed by atoms with Gasteiger partial charge in [-0.25, -0.2) is 8.78 Å². The lowest BCUT2D eigenvalue weighted by molar-refractivity contribution is 0.319. The van der Waals surface area contributed by atoms with Crippen LogP contribution in [0.3, 0.4) is 0 Å². The van der Waals surface area contributed by atoms with Gasteiger partial charge >= 0.3 is 0 Å². The molecule has 0 heterocycles. The number of hydrogen-bond acceptors (Lipinski definition) is 1. The average molecular weight is 318 g/mol. The molecular formula is C8H6ClF2IO. The van der Waals surface area contributed by atoms with Gasteiger partial charge in [0.25, 0.3) is 0 Å². The molecule has 0 saturated heterocycles. The zero-order valence-electron chi connectivity index (χ0n) is 6.70. The van der Waals surface area contributed by atoms with E-state index in [0.717, 1.165) is 6.07 Å². The Balaban J connectivity index is 3.26. The Morgan fingerprint density at radius 2 is 2.15 bits per heavy atom. The van der Waals surface area contributed by atoms with Crippen LogP contribution in [0.4, 0.5) is 8.78 Å². The molecule has 5 heteroatoms. The molecule has 0 aliphatic heterocycles. The second-order valence-electron chi connectivity index (χ2n) is 2.23. The molecule has 0 amide bonds. The van der Waals surface area contributed by atoms with E-state index in [1.54, 1.807) is 29.5 Å². The summed E-state index contributed by atoms with van der Waals surface area (Å²) in [5.74, 6) is -1.51. The van der Waals surface area contributed by atoms with Gasteiger partial charge < -0.3 is 4.74 Å². The average Bonchev–Trinajstić information content (AvgIpc) is 2.09. The summed E-state index contributed by atoms with van der Waals surface area (Å²) in [6.45, 7) is 1.99. The number of ether oxygens (including phenoxy) is 1. The van der Waals surface area contributed by atoms with Crippen molar-refractivity contribution in [3.63, 3.8) is 0 Å². The monoisotopic (exact) mass is 318 g/mol. The third kappa shape index (κ3) is 2.22. The summed E-state index contributed by atoms with van der Waals surface area (Å²) >= 11 is 7.14. The number of benzene rings is 1. The highest BCUT2D eigenvalue weighted by Crippen LogP contribution is 2.32. The second kappa shape index (κ2) is 4.41. The molecule has 0 aliphatic rings. The van der Waals surface area contributed by atoms with E-state index in [-0.39, 0.29) is 14.3 Å². The molecule has 0 bridgehead atoms. The summed E-state index contributed by atoms with van der Waals surface area (Å²) in [4.78, 5) is 0. The van der Waals surface area contributed by atoms with E-state index in [1.807, 2.05) is 0 Å². The summed E-state index contributed by atoms with van der Waals surface area (Å²) in [5.41, 5.74) is 0. The molecule has 1 nitrogen and oxygen atoms in total. The quantitative estimate of drug-likeness (QED) is 0.460. The number of hydrogen-bond donors (Lipinski definition) is 0. The lowest BCUT2D eigenvalue weighted by atomic mass is 10.3. The van der Waals surface area contributed by atoms with Gasteiger partial charge in [0.15, 0.2) is 11.6 Å². The van der Waals surface area contributed by atoms with Gasteiger partial charge in [0.05, 0.1) is 15.2 Å². The Morgan fingerprint density at radius 3 is 2.69 bits per heavy atom. The van der Waals surface area contributed by atoms with Crippen molar-refractivity contribution in [2.45, 2.75) is 6.92 Å². The van der Waals surface area contributed by atoms with Crippen LogP contribution in [0.25, 0.3) is 0 Å². The van der Waals surface area contributed by atoms with Crippen LogP contribution >= 0.6 is 34.2 Å². The van der Waals surface area contributed by atoms with Crippen LogP contribution in [0.15, 0.2) is 6.07 Å². The summed E-state index contributed by atoms with van der Waals surface area (Å²) in [5, 5.41) is -0.0442. The van der Waals surface area contributed by atoms with Crippen molar-refractivity contribution >= 4 is 34.2 Å². The second-order valence-corrected chi connectivity index (χ2v) is 3.72. The number of rotatable bonds is 2. The molecule has 0 spiro atoms. The maximum absolute atomic E-state index is 13.3. The van der Waals surface area contributed by atoms with Crippen LogP contribution in [-0.2, 0) is 0 Å². The highest BCUT2D eigenvalue weighted by molar-refractivity contribution is 14.1. The minimum atomic E-state index is -0.743. The molecule has 1 aromatic rings. The molecule has 0 aromatic heterocycles. The molecule has 0 radical (unpaired) electrons. The molecular weight excluding hydrogens is 312 g/mol. The van der Waals surface area contributed by atoms with Crippen LogP contribution in [0.2, 0.25) is 5.02 Å². The normalized spacial score (nSPS) is 10.2. The summed E-state index contributed by atoms with van der Waals surface area (Å²) < 4.78 is 30.9. The van der Waals surface area contributed by atoms with Crippen molar-refractivity contribution in [2.24, 2.45) is 0 Å². The van der Waals surface area contributed by atoms with Crippen molar-refractivity contribution < 1.29 is 13.5 Å². The summed E-state index contributed by atoms with van der Waals surface area (Å²) in [7, 11) is 0. The van der Waals surface area contributed by atoms with Crippen molar-refractivity contribution in [1.29, 1.82) is 0 Å². The van der Waals surface area contributed by atoms with E-state index in [9.17, 15) is 8.78 Å². The first-order valence-electron chi connectivity index (χ1n) is 3.53. The lowest BCUT2D eigenvalue weighted by Gasteiger charge is -2.08. The minimum absolute atomic E-state index is 0.0442. The zero-order chi connectivity index (χ0) is 10.0. The summed E-state index contributed by atoms with van der Waals surface area (Å²) in [6.07, 6.45) is 0. The number of halogens is 4. The van der Waals surface area contributed by atoms with Crippen molar-refractivity contribution in [2.75, 3.05) is 6.61 Å². The predicted molar refractivity (Wildman–Crippen MR) is 55.3 cm³/mol. The Kier molecular flexibility index (Phi) is 3.73. The van der Waals surface area contributed by atoms with Gasteiger partial charge in [-0.15, -0.1) is 0 Å². The van der Waals surface area contributed by atoms with E-state index in [2.05, 4.69) is 0 Å². The highest BCUT2D eigenvalue weighted by atomic mass is 127. The third-order valence-electron chi connectivity index (χ3n) is 1.36. The van der Waals surface area contributed by atoms with E-state index >= 15 is 0 Å². The summed E-state index contributed by atoms with van der Waals surface area (Å²) in [6, 6.07) is 1.04. The minimum Gasteiger partial charge on any atom is -0.489 e. The molecule has 13 heavy (non-hydrogen) atoms. The van der Waals surface area contributed by atoms with E-state index < -0.39 is 11.6 Å². The first-order chi connectivity index (χ1) is 6.07. The Morgan fingerprint density at radius 1 is 1.54 bits per heavy atom. The topological polar surface area (TPSA) is 9.23 Å². The molecule has 0 fully saturated rings. The van der Waals surface area contributed by atoms with Crippen molar-refractivity contribution in [1.82, 2.24) is 0 Å². The standard InChI is InChI=1S/C8H6ClF2IO/c1-2-13-8-4(9)3-5(10)7(12)6(8)11/h3H,2H2,1H3. The van der Waals surface area contributed by atoms with Crippen LogP contribution in [0.1, 0.15) is 6.92 Å². The molecule has 72 valence electrons. The van der Waals surface area contributed by atoms with Crippen LogP contribution in [0, 0.1) is 15.2 Å². The fraction of sp³-hybridized carbons (Fsp3) is 0.250. The van der Waals surface area contributed by atoms with Crippen LogP contribution in [-0.4, -0.2) is 6.61 Å². The lowest BCUT2D eigenvalue weighted by Crippen LogP contribution is -1.99. The molecule has 0 N–H and O–H groups in total. The van der Waals surface area contributed by atoms with Gasteiger partial charge in [0, 0.05) is 0 Å². The fourth-order valence-electron chi connectivity index (χ4n) is 0.826. The highest BCUT2D eigenvalue weighted by Gasteiger charge is 2.16. The van der Waals surface area contributed by atoms with Gasteiger partial charge in [0.2, 0.25) is 0 Å². The Bertz CT molecular complexity index is 330. The largest absolute Gasteiger partial charge is 0.489 e. The predicted octanol–water partition coefficient (Wildman–Crippen LogP) is 3.62. The fourth-order valence-corrected chi connectivity index (χ4v) is 1.46. The molecule has 1 aromatic carbocycles. The van der Waals surface area contributed by atoms with Crippen LogP contribution < -0.4 is 4.74 Å². The van der Waals surface area contributed by atoms with Gasteiger partial charge in [-0.1, -0.05) is 11.6 Å². The Hall–Kier alpha value is -0.100. The van der Waals surface area contributed by atoms with Gasteiger partial charge in [0.1, 0.15) is 5.82 Å². The van der Waals surface area contributed by atoms with E-state index in [4.69, 9.17) is 16.3 Å². The zero-order valence-corrected chi connectivity index (χ0v) is 9.62. The van der Waals surface area contributed by atoms with Crippen LogP contribution in [0.5, 0.6) is 5.75 Å². The van der Waals surface area contributed by atoms with Crippen molar-refractivity contribution in [3.05, 3.63) is 26.3 Å². The maximum Gasteiger partial charge on any atom is 0.182 e. The third-order valence-corrected chi connectivity index (χ3v) is 2.63. The van der Waals surface area contributed by atoms with E-state index in [0.29, 0.717) is 6.61 Å². The van der Waals surface area contributed by atoms with Gasteiger partial charge in [-0.3, -0.25) is 0 Å². The molecule has 1 rings (SSSR count). The van der Waals surface area contributed by atoms with Crippen molar-refractivity contribution in [3.8, 4) is 5.75 Å². The maximum atomic E-state index is 13.3. The SMILES string of the molecule is CCOc1c(Cl)cc(F)c(I)c1F. The first-order valence-corrected chi connectivity index (χ1v) is 4.99. The van der Waals surface area contributed by atoms with Gasteiger partial charge in [-0.05, 0) is 35.6 Å². The first kappa shape index (κ1) is 11.0. The smallest absolute Gasteiger partial charge is 0.182 e. The Labute approximate surface area is 93.2 Å². The molecule has 0 aliphatic carbocycles. The van der Waals surface area contributed by atoms with E-state index in [1.165, 1.54) is 0 Å². The molecule has 0 saturated carbocycles. The molecule has 0 atom stereocenters.